The van der Waals surface area contributed by atoms with Crippen LogP contribution in [0.4, 0.5) is 5.13 Å². The van der Waals surface area contributed by atoms with Gasteiger partial charge in [0.25, 0.3) is 0 Å². The standard InChI is InChI=1S/C11H10N2O2S2.Na/c14-17(15)10-3-1-2-8-6-13(7-9(8)10)11-12-4-5-16-11;/h1-5H,6-7H2,(H,14,15);/q;+1/p-1. The second-order valence-corrected chi connectivity index (χ2v) is 5.58. The summed E-state index contributed by atoms with van der Waals surface area (Å²) in [5.41, 5.74) is 1.97. The van der Waals surface area contributed by atoms with Crippen molar-refractivity contribution in [3.63, 3.8) is 0 Å². The molecule has 0 saturated carbocycles. The maximum atomic E-state index is 11.1. The molecule has 7 heteroatoms. The van der Waals surface area contributed by atoms with Crippen molar-refractivity contribution in [1.82, 2.24) is 4.98 Å². The minimum atomic E-state index is -2.17. The maximum Gasteiger partial charge on any atom is 1.00 e. The minimum absolute atomic E-state index is 0. The van der Waals surface area contributed by atoms with Crippen molar-refractivity contribution in [2.45, 2.75) is 18.0 Å². The summed E-state index contributed by atoms with van der Waals surface area (Å²) in [6.45, 7) is 1.35. The Hall–Kier alpha value is -0.240. The summed E-state index contributed by atoms with van der Waals surface area (Å²) >= 11 is -0.600. The van der Waals surface area contributed by atoms with E-state index in [2.05, 4.69) is 9.88 Å². The Labute approximate surface area is 134 Å². The van der Waals surface area contributed by atoms with Crippen LogP contribution < -0.4 is 34.5 Å². The molecule has 0 saturated heterocycles. The van der Waals surface area contributed by atoms with Crippen molar-refractivity contribution >= 4 is 27.5 Å². The van der Waals surface area contributed by atoms with Crippen LogP contribution in [0.2, 0.25) is 0 Å². The van der Waals surface area contributed by atoms with Crippen LogP contribution in [0.1, 0.15) is 11.1 Å². The molecule has 2 aromatic rings. The van der Waals surface area contributed by atoms with Crippen LogP contribution in [-0.4, -0.2) is 13.7 Å². The number of hydrogen-bond acceptors (Lipinski definition) is 5. The van der Waals surface area contributed by atoms with E-state index in [4.69, 9.17) is 0 Å². The smallest absolute Gasteiger partial charge is 0.768 e. The predicted octanol–water partition coefficient (Wildman–Crippen LogP) is -1.09. The van der Waals surface area contributed by atoms with Crippen molar-refractivity contribution in [1.29, 1.82) is 0 Å². The van der Waals surface area contributed by atoms with Gasteiger partial charge in [-0.2, -0.15) is 0 Å². The Morgan fingerprint density at radius 3 is 2.89 bits per heavy atom. The molecule has 0 radical (unpaired) electrons. The Morgan fingerprint density at radius 2 is 2.22 bits per heavy atom. The third-order valence-corrected chi connectivity index (χ3v) is 4.38. The van der Waals surface area contributed by atoms with Crippen LogP contribution in [0.5, 0.6) is 0 Å². The van der Waals surface area contributed by atoms with Gasteiger partial charge in [-0.3, -0.25) is 4.21 Å². The fourth-order valence-electron chi connectivity index (χ4n) is 2.05. The van der Waals surface area contributed by atoms with Gasteiger partial charge in [0.1, 0.15) is 0 Å². The number of fused-ring (bicyclic) bond motifs is 1. The number of benzene rings is 1. The molecule has 0 N–H and O–H groups in total. The molecule has 88 valence electrons. The molecule has 1 unspecified atom stereocenters. The molecule has 1 aromatic heterocycles. The van der Waals surface area contributed by atoms with E-state index in [0.717, 1.165) is 22.8 Å². The third kappa shape index (κ3) is 2.54. The average Bonchev–Trinajstić information content (AvgIpc) is 2.96. The van der Waals surface area contributed by atoms with Crippen LogP contribution in [0, 0.1) is 0 Å². The molecule has 18 heavy (non-hydrogen) atoms. The van der Waals surface area contributed by atoms with Gasteiger partial charge in [-0.05, 0) is 28.3 Å². The first-order chi connectivity index (χ1) is 8.25. The second kappa shape index (κ2) is 5.81. The molecule has 0 fully saturated rings. The molecule has 2 heterocycles. The predicted molar refractivity (Wildman–Crippen MR) is 65.6 cm³/mol. The monoisotopic (exact) mass is 288 g/mol. The zero-order valence-electron chi connectivity index (χ0n) is 9.83. The molecule has 1 aromatic carbocycles. The van der Waals surface area contributed by atoms with Crippen molar-refractivity contribution in [3.05, 3.63) is 40.9 Å². The zero-order valence-corrected chi connectivity index (χ0v) is 13.5. The summed E-state index contributed by atoms with van der Waals surface area (Å²) in [6.07, 6.45) is 1.76. The second-order valence-electron chi connectivity index (χ2n) is 3.80. The number of thiazole rings is 1. The molecule has 0 spiro atoms. The molecule has 1 aliphatic heterocycles. The van der Waals surface area contributed by atoms with E-state index in [-0.39, 0.29) is 29.6 Å². The molecular weight excluding hydrogens is 279 g/mol. The minimum Gasteiger partial charge on any atom is -0.768 e. The summed E-state index contributed by atoms with van der Waals surface area (Å²) in [7, 11) is 0. The first-order valence-corrected chi connectivity index (χ1v) is 7.05. The Kier molecular flexibility index (Phi) is 4.58. The molecule has 0 bridgehead atoms. The van der Waals surface area contributed by atoms with E-state index in [0.29, 0.717) is 11.4 Å². The van der Waals surface area contributed by atoms with Crippen molar-refractivity contribution in [3.8, 4) is 0 Å². The molecule has 0 amide bonds. The topological polar surface area (TPSA) is 56.3 Å². The average molecular weight is 288 g/mol. The van der Waals surface area contributed by atoms with Gasteiger partial charge >= 0.3 is 29.6 Å². The van der Waals surface area contributed by atoms with Crippen LogP contribution in [-0.2, 0) is 24.2 Å². The van der Waals surface area contributed by atoms with Gasteiger partial charge in [0, 0.05) is 29.6 Å². The normalized spacial score (nSPS) is 15.1. The van der Waals surface area contributed by atoms with Gasteiger partial charge in [-0.1, -0.05) is 12.1 Å². The quantitative estimate of drug-likeness (QED) is 0.520. The summed E-state index contributed by atoms with van der Waals surface area (Å²) < 4.78 is 22.2. The number of anilines is 1. The Bertz CT molecular complexity index is 574. The van der Waals surface area contributed by atoms with Gasteiger partial charge in [0.05, 0.1) is 0 Å². The van der Waals surface area contributed by atoms with E-state index in [1.54, 1.807) is 29.7 Å². The summed E-state index contributed by atoms with van der Waals surface area (Å²) in [4.78, 5) is 6.74. The number of rotatable bonds is 2. The molecular formula is C11H9N2NaO2S2. The summed E-state index contributed by atoms with van der Waals surface area (Å²) in [6, 6.07) is 5.40. The van der Waals surface area contributed by atoms with Crippen LogP contribution in [0.25, 0.3) is 0 Å². The molecule has 4 nitrogen and oxygen atoms in total. The van der Waals surface area contributed by atoms with Crippen molar-refractivity contribution < 1.29 is 38.3 Å². The SMILES string of the molecule is O=S([O-])c1cccc2c1CN(c1nccs1)C2.[Na+]. The first-order valence-electron chi connectivity index (χ1n) is 5.10. The third-order valence-electron chi connectivity index (χ3n) is 2.81. The molecule has 3 rings (SSSR count). The van der Waals surface area contributed by atoms with E-state index < -0.39 is 11.1 Å². The number of hydrogen-bond donors (Lipinski definition) is 0. The van der Waals surface area contributed by atoms with Gasteiger partial charge in [-0.15, -0.1) is 11.3 Å². The number of aromatic nitrogens is 1. The van der Waals surface area contributed by atoms with Crippen LogP contribution in [0.3, 0.4) is 0 Å². The summed E-state index contributed by atoms with van der Waals surface area (Å²) in [5.74, 6) is 0. The van der Waals surface area contributed by atoms with E-state index in [9.17, 15) is 8.76 Å². The van der Waals surface area contributed by atoms with E-state index >= 15 is 0 Å². The molecule has 1 atom stereocenters. The largest absolute Gasteiger partial charge is 1.00 e. The molecule has 1 aliphatic rings. The van der Waals surface area contributed by atoms with Gasteiger partial charge in [-0.25, -0.2) is 4.98 Å². The van der Waals surface area contributed by atoms with E-state index in [1.165, 1.54) is 0 Å². The van der Waals surface area contributed by atoms with Crippen LogP contribution in [0.15, 0.2) is 34.7 Å². The fourth-order valence-corrected chi connectivity index (χ4v) is 3.28. The van der Waals surface area contributed by atoms with Crippen LogP contribution >= 0.6 is 11.3 Å². The van der Waals surface area contributed by atoms with Crippen molar-refractivity contribution in [2.24, 2.45) is 0 Å². The first kappa shape index (κ1) is 14.2. The van der Waals surface area contributed by atoms with Gasteiger partial charge in [0.15, 0.2) is 5.13 Å². The summed E-state index contributed by atoms with van der Waals surface area (Å²) in [5, 5.41) is 2.86. The van der Waals surface area contributed by atoms with E-state index in [1.807, 2.05) is 11.4 Å². The van der Waals surface area contributed by atoms with Gasteiger partial charge in [0.2, 0.25) is 0 Å². The molecule has 0 aliphatic carbocycles. The Morgan fingerprint density at radius 1 is 1.39 bits per heavy atom. The fraction of sp³-hybridized carbons (Fsp3) is 0.182. The zero-order chi connectivity index (χ0) is 11.8. The maximum absolute atomic E-state index is 11.1. The number of nitrogens with zero attached hydrogens (tertiary/aromatic N) is 2. The van der Waals surface area contributed by atoms with Gasteiger partial charge < -0.3 is 9.45 Å². The Balaban J connectivity index is 0.00000120. The van der Waals surface area contributed by atoms with Crippen molar-refractivity contribution in [2.75, 3.05) is 4.90 Å².